The third-order valence-corrected chi connectivity index (χ3v) is 3.35. The standard InChI is InChI=1S/C13H15N3O5/c1-14-12(17)8-4-5-10(16(20)21)9(6-8)15-11(13(18)19)7-2-3-7/h4-7,11,15H,2-3H2,1H3,(H,14,17)(H,18,19). The van der Waals surface area contributed by atoms with Crippen molar-refractivity contribution in [2.75, 3.05) is 12.4 Å². The number of amides is 1. The van der Waals surface area contributed by atoms with E-state index in [0.29, 0.717) is 0 Å². The number of carboxylic acids is 1. The largest absolute Gasteiger partial charge is 0.480 e. The van der Waals surface area contributed by atoms with E-state index < -0.39 is 22.8 Å². The highest BCUT2D eigenvalue weighted by Crippen LogP contribution is 2.36. The summed E-state index contributed by atoms with van der Waals surface area (Å²) in [6, 6.07) is 2.94. The molecule has 0 spiro atoms. The number of carbonyl (C=O) groups is 2. The lowest BCUT2D eigenvalue weighted by atomic mass is 10.1. The Balaban J connectivity index is 2.35. The van der Waals surface area contributed by atoms with Crippen LogP contribution in [-0.2, 0) is 4.79 Å². The molecule has 0 heterocycles. The fourth-order valence-electron chi connectivity index (χ4n) is 2.07. The lowest BCUT2D eigenvalue weighted by molar-refractivity contribution is -0.384. The topological polar surface area (TPSA) is 122 Å². The van der Waals surface area contributed by atoms with Gasteiger partial charge in [0, 0.05) is 18.7 Å². The average Bonchev–Trinajstić information content (AvgIpc) is 3.27. The van der Waals surface area contributed by atoms with Crippen molar-refractivity contribution in [2.45, 2.75) is 18.9 Å². The molecule has 3 N–H and O–H groups in total. The van der Waals surface area contributed by atoms with Crippen LogP contribution >= 0.6 is 0 Å². The maximum atomic E-state index is 11.6. The molecule has 8 nitrogen and oxygen atoms in total. The number of carboxylic acid groups (broad SMARTS) is 1. The van der Waals surface area contributed by atoms with E-state index in [4.69, 9.17) is 0 Å². The van der Waals surface area contributed by atoms with Crippen molar-refractivity contribution in [1.29, 1.82) is 0 Å². The minimum absolute atomic E-state index is 0.0363. The summed E-state index contributed by atoms with van der Waals surface area (Å²) in [7, 11) is 1.45. The maximum absolute atomic E-state index is 11.6. The van der Waals surface area contributed by atoms with Crippen LogP contribution in [0.4, 0.5) is 11.4 Å². The second kappa shape index (κ2) is 5.78. The summed E-state index contributed by atoms with van der Waals surface area (Å²) in [6.45, 7) is 0. The molecular formula is C13H15N3O5. The first-order valence-corrected chi connectivity index (χ1v) is 6.44. The number of nitro benzene ring substituents is 1. The molecule has 0 aromatic heterocycles. The molecule has 0 bridgehead atoms. The number of benzene rings is 1. The van der Waals surface area contributed by atoms with Gasteiger partial charge >= 0.3 is 5.97 Å². The number of carbonyl (C=O) groups excluding carboxylic acids is 1. The number of aliphatic carboxylic acids is 1. The number of nitro groups is 1. The van der Waals surface area contributed by atoms with E-state index in [1.807, 2.05) is 0 Å². The van der Waals surface area contributed by atoms with Gasteiger partial charge in [0.2, 0.25) is 0 Å². The normalized spacial score (nSPS) is 15.1. The van der Waals surface area contributed by atoms with Crippen LogP contribution in [-0.4, -0.2) is 35.0 Å². The zero-order valence-electron chi connectivity index (χ0n) is 11.3. The molecule has 1 unspecified atom stereocenters. The third-order valence-electron chi connectivity index (χ3n) is 3.35. The van der Waals surface area contributed by atoms with Crippen LogP contribution in [0, 0.1) is 16.0 Å². The quantitative estimate of drug-likeness (QED) is 0.535. The van der Waals surface area contributed by atoms with Crippen LogP contribution in [0.3, 0.4) is 0 Å². The summed E-state index contributed by atoms with van der Waals surface area (Å²) >= 11 is 0. The molecule has 0 radical (unpaired) electrons. The number of nitrogens with zero attached hydrogens (tertiary/aromatic N) is 1. The van der Waals surface area contributed by atoms with Gasteiger partial charge in [-0.1, -0.05) is 0 Å². The highest BCUT2D eigenvalue weighted by Gasteiger charge is 2.37. The van der Waals surface area contributed by atoms with Crippen LogP contribution in [0.15, 0.2) is 18.2 Å². The summed E-state index contributed by atoms with van der Waals surface area (Å²) in [4.78, 5) is 33.2. The zero-order chi connectivity index (χ0) is 15.6. The van der Waals surface area contributed by atoms with Crippen molar-refractivity contribution < 1.29 is 19.6 Å². The van der Waals surface area contributed by atoms with Crippen molar-refractivity contribution in [3.05, 3.63) is 33.9 Å². The van der Waals surface area contributed by atoms with Gasteiger partial charge in [-0.2, -0.15) is 0 Å². The summed E-state index contributed by atoms with van der Waals surface area (Å²) in [5.41, 5.74) is 0.0143. The van der Waals surface area contributed by atoms with E-state index in [0.717, 1.165) is 12.8 Å². The summed E-state index contributed by atoms with van der Waals surface area (Å²) in [5.74, 6) is -1.49. The number of hydrogen-bond donors (Lipinski definition) is 3. The predicted molar refractivity (Wildman–Crippen MR) is 74.3 cm³/mol. The molecule has 1 aliphatic rings. The minimum Gasteiger partial charge on any atom is -0.480 e. The summed E-state index contributed by atoms with van der Waals surface area (Å²) < 4.78 is 0. The van der Waals surface area contributed by atoms with E-state index in [2.05, 4.69) is 10.6 Å². The Bertz CT molecular complexity index is 597. The van der Waals surface area contributed by atoms with Gasteiger partial charge < -0.3 is 15.7 Å². The molecule has 112 valence electrons. The SMILES string of the molecule is CNC(=O)c1ccc([N+](=O)[O-])c(NC(C(=O)O)C2CC2)c1. The first kappa shape index (κ1) is 14.8. The Morgan fingerprint density at radius 3 is 2.57 bits per heavy atom. The molecule has 0 aliphatic heterocycles. The van der Waals surface area contributed by atoms with Crippen molar-refractivity contribution in [3.63, 3.8) is 0 Å². The Labute approximate surface area is 120 Å². The molecule has 8 heteroatoms. The second-order valence-electron chi connectivity index (χ2n) is 4.87. The van der Waals surface area contributed by atoms with Crippen LogP contribution in [0.2, 0.25) is 0 Å². The highest BCUT2D eigenvalue weighted by atomic mass is 16.6. The fourth-order valence-corrected chi connectivity index (χ4v) is 2.07. The minimum atomic E-state index is -1.06. The van der Waals surface area contributed by atoms with Gasteiger partial charge in [-0.25, -0.2) is 4.79 Å². The molecule has 21 heavy (non-hydrogen) atoms. The Kier molecular flexibility index (Phi) is 4.06. The highest BCUT2D eigenvalue weighted by molar-refractivity contribution is 5.96. The molecule has 1 aliphatic carbocycles. The molecule has 1 aromatic carbocycles. The summed E-state index contributed by atoms with van der Waals surface area (Å²) in [6.07, 6.45) is 1.54. The number of hydrogen-bond acceptors (Lipinski definition) is 5. The van der Waals surface area contributed by atoms with Gasteiger partial charge in [-0.05, 0) is 30.9 Å². The van der Waals surface area contributed by atoms with E-state index in [1.54, 1.807) is 0 Å². The van der Waals surface area contributed by atoms with Gasteiger partial charge in [0.25, 0.3) is 11.6 Å². The van der Waals surface area contributed by atoms with E-state index in [9.17, 15) is 24.8 Å². The van der Waals surface area contributed by atoms with E-state index in [-0.39, 0.29) is 22.9 Å². The third kappa shape index (κ3) is 3.28. The number of anilines is 1. The van der Waals surface area contributed by atoms with Gasteiger partial charge in [0.1, 0.15) is 11.7 Å². The molecule has 1 atom stereocenters. The van der Waals surface area contributed by atoms with Gasteiger partial charge in [-0.3, -0.25) is 14.9 Å². The van der Waals surface area contributed by atoms with Crippen LogP contribution in [0.25, 0.3) is 0 Å². The number of nitrogens with one attached hydrogen (secondary N) is 2. The van der Waals surface area contributed by atoms with Crippen molar-refractivity contribution in [2.24, 2.45) is 5.92 Å². The smallest absolute Gasteiger partial charge is 0.326 e. The van der Waals surface area contributed by atoms with Gasteiger partial charge in [0.05, 0.1) is 4.92 Å². The summed E-state index contributed by atoms with van der Waals surface area (Å²) in [5, 5.41) is 25.3. The molecule has 2 rings (SSSR count). The maximum Gasteiger partial charge on any atom is 0.326 e. The van der Waals surface area contributed by atoms with Crippen LogP contribution in [0.5, 0.6) is 0 Å². The fraction of sp³-hybridized carbons (Fsp3) is 0.385. The average molecular weight is 293 g/mol. The Morgan fingerprint density at radius 2 is 2.10 bits per heavy atom. The van der Waals surface area contributed by atoms with Gasteiger partial charge in [0.15, 0.2) is 0 Å². The first-order chi connectivity index (χ1) is 9.93. The molecule has 1 saturated carbocycles. The Morgan fingerprint density at radius 1 is 1.43 bits per heavy atom. The van der Waals surface area contributed by atoms with Gasteiger partial charge in [-0.15, -0.1) is 0 Å². The van der Waals surface area contributed by atoms with Crippen LogP contribution < -0.4 is 10.6 Å². The monoisotopic (exact) mass is 293 g/mol. The second-order valence-corrected chi connectivity index (χ2v) is 4.87. The first-order valence-electron chi connectivity index (χ1n) is 6.44. The van der Waals surface area contributed by atoms with E-state index >= 15 is 0 Å². The molecule has 0 saturated heterocycles. The molecule has 1 aromatic rings. The lowest BCUT2D eigenvalue weighted by Crippen LogP contribution is -2.31. The Hall–Kier alpha value is -2.64. The van der Waals surface area contributed by atoms with Crippen molar-refractivity contribution in [1.82, 2.24) is 5.32 Å². The lowest BCUT2D eigenvalue weighted by Gasteiger charge is -2.15. The number of rotatable bonds is 6. The van der Waals surface area contributed by atoms with Crippen molar-refractivity contribution in [3.8, 4) is 0 Å². The van der Waals surface area contributed by atoms with Crippen LogP contribution in [0.1, 0.15) is 23.2 Å². The molecule has 1 amide bonds. The molecule has 1 fully saturated rings. The van der Waals surface area contributed by atoms with Crippen molar-refractivity contribution >= 4 is 23.3 Å². The molecular weight excluding hydrogens is 278 g/mol. The predicted octanol–water partition coefficient (Wildman–Crippen LogP) is 1.23. The van der Waals surface area contributed by atoms with E-state index in [1.165, 1.54) is 25.2 Å². The zero-order valence-corrected chi connectivity index (χ0v) is 11.3.